The van der Waals surface area contributed by atoms with E-state index in [9.17, 15) is 13.2 Å². The van der Waals surface area contributed by atoms with Crippen LogP contribution in [-0.4, -0.2) is 56.3 Å². The van der Waals surface area contributed by atoms with E-state index in [-0.39, 0.29) is 44.2 Å². The number of ether oxygens (including phenoxy) is 3. The molecule has 0 aromatic heterocycles. The van der Waals surface area contributed by atoms with Gasteiger partial charge in [-0.2, -0.15) is 0 Å². The molecule has 1 aliphatic rings. The van der Waals surface area contributed by atoms with Crippen LogP contribution >= 0.6 is 0 Å². The Morgan fingerprint density at radius 3 is 2.27 bits per heavy atom. The standard InChI is InChI=1S/C18H26O7S/c1-17(2,3)25-16(20)18(8-11-23-12-9-18)26(21,22)15-6-4-14(5-7-15)24-13-10-19/h4-7,19H,8-13H2,1-3H3. The van der Waals surface area contributed by atoms with Crippen molar-refractivity contribution in [1.82, 2.24) is 0 Å². The minimum absolute atomic E-state index is 0.0293. The molecule has 1 heterocycles. The van der Waals surface area contributed by atoms with E-state index in [0.717, 1.165) is 0 Å². The van der Waals surface area contributed by atoms with Crippen LogP contribution in [0.4, 0.5) is 0 Å². The monoisotopic (exact) mass is 386 g/mol. The summed E-state index contributed by atoms with van der Waals surface area (Å²) >= 11 is 0. The molecule has 0 bridgehead atoms. The molecule has 0 amide bonds. The highest BCUT2D eigenvalue weighted by atomic mass is 32.2. The van der Waals surface area contributed by atoms with Crippen LogP contribution in [0, 0.1) is 0 Å². The molecule has 1 aromatic carbocycles. The molecular formula is C18H26O7S. The van der Waals surface area contributed by atoms with Crippen molar-refractivity contribution in [3.05, 3.63) is 24.3 Å². The average Bonchev–Trinajstić information content (AvgIpc) is 2.59. The predicted octanol–water partition coefficient (Wildman–Crippen LogP) is 1.72. The summed E-state index contributed by atoms with van der Waals surface area (Å²) in [5, 5.41) is 8.79. The smallest absolute Gasteiger partial charge is 0.328 e. The molecule has 1 saturated heterocycles. The zero-order valence-corrected chi connectivity index (χ0v) is 16.2. The van der Waals surface area contributed by atoms with E-state index in [1.807, 2.05) is 0 Å². The molecule has 0 unspecified atom stereocenters. The van der Waals surface area contributed by atoms with Crippen molar-refractivity contribution >= 4 is 15.8 Å². The second-order valence-corrected chi connectivity index (χ2v) is 9.42. The van der Waals surface area contributed by atoms with E-state index in [4.69, 9.17) is 19.3 Å². The van der Waals surface area contributed by atoms with Crippen LogP contribution in [0.3, 0.4) is 0 Å². The van der Waals surface area contributed by atoms with E-state index < -0.39 is 26.2 Å². The molecule has 0 radical (unpaired) electrons. The third-order valence-corrected chi connectivity index (χ3v) is 6.58. The number of benzene rings is 1. The van der Waals surface area contributed by atoms with E-state index >= 15 is 0 Å². The number of hydrogen-bond donors (Lipinski definition) is 1. The average molecular weight is 386 g/mol. The van der Waals surface area contributed by atoms with Crippen LogP contribution in [-0.2, 0) is 24.1 Å². The molecule has 1 fully saturated rings. The summed E-state index contributed by atoms with van der Waals surface area (Å²) in [5.41, 5.74) is -0.792. The zero-order valence-electron chi connectivity index (χ0n) is 15.4. The van der Waals surface area contributed by atoms with Crippen molar-refractivity contribution in [1.29, 1.82) is 0 Å². The molecule has 0 aliphatic carbocycles. The van der Waals surface area contributed by atoms with Gasteiger partial charge in [0.25, 0.3) is 0 Å². The Bertz CT molecular complexity index is 711. The fraction of sp³-hybridized carbons (Fsp3) is 0.611. The predicted molar refractivity (Wildman–Crippen MR) is 94.8 cm³/mol. The van der Waals surface area contributed by atoms with Gasteiger partial charge >= 0.3 is 5.97 Å². The number of esters is 1. The Hall–Kier alpha value is -1.64. The number of aliphatic hydroxyl groups excluding tert-OH is 1. The van der Waals surface area contributed by atoms with Gasteiger partial charge in [-0.1, -0.05) is 0 Å². The first-order valence-electron chi connectivity index (χ1n) is 8.52. The zero-order chi connectivity index (χ0) is 19.4. The molecular weight excluding hydrogens is 360 g/mol. The third-order valence-electron chi connectivity index (χ3n) is 4.08. The maximum absolute atomic E-state index is 13.3. The van der Waals surface area contributed by atoms with Gasteiger partial charge in [0.2, 0.25) is 0 Å². The maximum atomic E-state index is 13.3. The van der Waals surface area contributed by atoms with Crippen molar-refractivity contribution in [3.63, 3.8) is 0 Å². The molecule has 0 saturated carbocycles. The van der Waals surface area contributed by atoms with Crippen molar-refractivity contribution in [2.24, 2.45) is 0 Å². The quantitative estimate of drug-likeness (QED) is 0.743. The third kappa shape index (κ3) is 4.36. The number of rotatable bonds is 6. The van der Waals surface area contributed by atoms with Crippen LogP contribution in [0.5, 0.6) is 5.75 Å². The van der Waals surface area contributed by atoms with Gasteiger partial charge in [0.1, 0.15) is 18.0 Å². The lowest BCUT2D eigenvalue weighted by atomic mass is 9.99. The summed E-state index contributed by atoms with van der Waals surface area (Å²) < 4.78 is 41.0. The second-order valence-electron chi connectivity index (χ2n) is 7.16. The topological polar surface area (TPSA) is 99.1 Å². The van der Waals surface area contributed by atoms with Crippen molar-refractivity contribution in [2.75, 3.05) is 26.4 Å². The molecule has 2 rings (SSSR count). The SMILES string of the molecule is CC(C)(C)OC(=O)C1(S(=O)(=O)c2ccc(OCCO)cc2)CCOCC1. The Morgan fingerprint density at radius 2 is 1.77 bits per heavy atom. The van der Waals surface area contributed by atoms with Crippen LogP contribution < -0.4 is 4.74 Å². The van der Waals surface area contributed by atoms with Crippen LogP contribution in [0.1, 0.15) is 33.6 Å². The second kappa shape index (κ2) is 7.94. The lowest BCUT2D eigenvalue weighted by molar-refractivity contribution is -0.160. The molecule has 146 valence electrons. The lowest BCUT2D eigenvalue weighted by Crippen LogP contribution is -2.53. The largest absolute Gasteiger partial charge is 0.491 e. The Labute approximate surface area is 154 Å². The molecule has 1 aromatic rings. The van der Waals surface area contributed by atoms with Gasteiger partial charge in [-0.3, -0.25) is 4.79 Å². The summed E-state index contributed by atoms with van der Waals surface area (Å²) in [4.78, 5) is 12.9. The number of sulfone groups is 1. The van der Waals surface area contributed by atoms with Gasteiger partial charge in [-0.15, -0.1) is 0 Å². The van der Waals surface area contributed by atoms with E-state index in [0.29, 0.717) is 5.75 Å². The number of carbonyl (C=O) groups is 1. The summed E-state index contributed by atoms with van der Waals surface area (Å²) in [6.07, 6.45) is 0.0972. The van der Waals surface area contributed by atoms with Crippen LogP contribution in [0.15, 0.2) is 29.2 Å². The van der Waals surface area contributed by atoms with E-state index in [2.05, 4.69) is 0 Å². The van der Waals surface area contributed by atoms with Gasteiger partial charge < -0.3 is 19.3 Å². The molecule has 7 nitrogen and oxygen atoms in total. The van der Waals surface area contributed by atoms with Crippen molar-refractivity contribution < 1.29 is 32.5 Å². The first-order valence-corrected chi connectivity index (χ1v) is 10.0. The summed E-state index contributed by atoms with van der Waals surface area (Å²) in [5.74, 6) is -0.301. The Kier molecular flexibility index (Phi) is 6.31. The maximum Gasteiger partial charge on any atom is 0.328 e. The highest BCUT2D eigenvalue weighted by Gasteiger charge is 2.54. The van der Waals surface area contributed by atoms with Gasteiger partial charge in [0.15, 0.2) is 14.6 Å². The molecule has 1 aliphatic heterocycles. The molecule has 1 N–H and O–H groups in total. The van der Waals surface area contributed by atoms with Gasteiger partial charge in [0.05, 0.1) is 11.5 Å². The first kappa shape index (κ1) is 20.7. The number of carbonyl (C=O) groups excluding carboxylic acids is 1. The molecule has 8 heteroatoms. The highest BCUT2D eigenvalue weighted by Crippen LogP contribution is 2.37. The van der Waals surface area contributed by atoms with E-state index in [1.165, 1.54) is 24.3 Å². The number of aliphatic hydroxyl groups is 1. The number of hydrogen-bond acceptors (Lipinski definition) is 7. The van der Waals surface area contributed by atoms with Crippen molar-refractivity contribution in [2.45, 2.75) is 48.9 Å². The minimum Gasteiger partial charge on any atom is -0.491 e. The summed E-state index contributed by atoms with van der Waals surface area (Å²) in [6.45, 7) is 5.45. The summed E-state index contributed by atoms with van der Waals surface area (Å²) in [7, 11) is -3.99. The first-order chi connectivity index (χ1) is 12.1. The van der Waals surface area contributed by atoms with Gasteiger partial charge in [-0.25, -0.2) is 8.42 Å². The van der Waals surface area contributed by atoms with Gasteiger partial charge in [0, 0.05) is 26.1 Å². The van der Waals surface area contributed by atoms with Gasteiger partial charge in [-0.05, 0) is 45.0 Å². The van der Waals surface area contributed by atoms with Crippen LogP contribution in [0.2, 0.25) is 0 Å². The molecule has 0 atom stereocenters. The van der Waals surface area contributed by atoms with E-state index in [1.54, 1.807) is 20.8 Å². The fourth-order valence-corrected chi connectivity index (χ4v) is 4.67. The highest BCUT2D eigenvalue weighted by molar-refractivity contribution is 7.93. The minimum atomic E-state index is -3.99. The Morgan fingerprint density at radius 1 is 1.19 bits per heavy atom. The molecule has 0 spiro atoms. The lowest BCUT2D eigenvalue weighted by Gasteiger charge is -2.36. The normalized spacial score (nSPS) is 17.5. The summed E-state index contributed by atoms with van der Waals surface area (Å²) in [6, 6.07) is 5.82. The van der Waals surface area contributed by atoms with Crippen molar-refractivity contribution in [3.8, 4) is 5.75 Å². The Balaban J connectivity index is 2.38. The fourth-order valence-electron chi connectivity index (χ4n) is 2.76. The van der Waals surface area contributed by atoms with Crippen LogP contribution in [0.25, 0.3) is 0 Å². The molecule has 26 heavy (non-hydrogen) atoms.